The monoisotopic (exact) mass is 447 g/mol. The summed E-state index contributed by atoms with van der Waals surface area (Å²) in [5.74, 6) is 2.15. The van der Waals surface area contributed by atoms with Crippen molar-refractivity contribution in [1.29, 1.82) is 0 Å². The summed E-state index contributed by atoms with van der Waals surface area (Å²) in [4.78, 5) is 25.5. The molecule has 0 spiro atoms. The molecule has 0 saturated heterocycles. The van der Waals surface area contributed by atoms with Crippen LogP contribution in [0.2, 0.25) is 5.02 Å². The zero-order valence-electron chi connectivity index (χ0n) is 18.0. The van der Waals surface area contributed by atoms with Crippen LogP contribution in [0.1, 0.15) is 22.8 Å². The molecule has 162 valence electrons. The van der Waals surface area contributed by atoms with E-state index in [2.05, 4.69) is 20.3 Å². The average Bonchev–Trinajstić information content (AvgIpc) is 3.09. The minimum Gasteiger partial charge on any atom is -0.439 e. The highest BCUT2D eigenvalue weighted by Gasteiger charge is 2.11. The van der Waals surface area contributed by atoms with Gasteiger partial charge in [-0.15, -0.1) is 0 Å². The predicted octanol–water partition coefficient (Wildman–Crippen LogP) is 5.21. The Kier molecular flexibility index (Phi) is 6.18. The van der Waals surface area contributed by atoms with E-state index in [-0.39, 0.29) is 12.3 Å². The molecule has 0 aliphatic rings. The second-order valence-corrected chi connectivity index (χ2v) is 7.75. The molecule has 4 rings (SSSR count). The van der Waals surface area contributed by atoms with Gasteiger partial charge in [-0.2, -0.15) is 4.98 Å². The molecule has 0 unspecified atom stereocenters. The lowest BCUT2D eigenvalue weighted by atomic mass is 10.1. The molecule has 0 atom stereocenters. The number of rotatable bonds is 6. The fourth-order valence-corrected chi connectivity index (χ4v) is 3.38. The van der Waals surface area contributed by atoms with Gasteiger partial charge < -0.3 is 10.1 Å². The van der Waals surface area contributed by atoms with E-state index in [0.29, 0.717) is 34.0 Å². The number of aryl methyl sites for hydroxylation is 2. The van der Waals surface area contributed by atoms with Gasteiger partial charge in [0, 0.05) is 22.5 Å². The van der Waals surface area contributed by atoms with Crippen LogP contribution >= 0.6 is 11.6 Å². The first-order chi connectivity index (χ1) is 15.4. The standard InChI is InChI=1S/C24H22ClN5O2/c1-15-16(2)30(14-26-15)22-13-24(28-17(3)27-22)32-20-10-8-19(9-11-20)29-23(31)12-18-6-4-5-7-21(18)25/h4-11,13-14H,12H2,1-3H3,(H,29,31). The van der Waals surface area contributed by atoms with Crippen molar-refractivity contribution in [2.45, 2.75) is 27.2 Å². The molecule has 2 aromatic carbocycles. The van der Waals surface area contributed by atoms with Crippen LogP contribution in [-0.4, -0.2) is 25.4 Å². The summed E-state index contributed by atoms with van der Waals surface area (Å²) < 4.78 is 7.82. The number of benzene rings is 2. The second-order valence-electron chi connectivity index (χ2n) is 7.34. The van der Waals surface area contributed by atoms with Crippen LogP contribution < -0.4 is 10.1 Å². The summed E-state index contributed by atoms with van der Waals surface area (Å²) in [6.45, 7) is 5.75. The lowest BCUT2D eigenvalue weighted by Gasteiger charge is -2.10. The van der Waals surface area contributed by atoms with Crippen molar-refractivity contribution >= 4 is 23.2 Å². The number of carbonyl (C=O) groups excluding carboxylic acids is 1. The maximum Gasteiger partial charge on any atom is 0.228 e. The van der Waals surface area contributed by atoms with Crippen LogP contribution in [0.5, 0.6) is 11.6 Å². The minimum atomic E-state index is -0.145. The summed E-state index contributed by atoms with van der Waals surface area (Å²) in [6, 6.07) is 16.2. The minimum absolute atomic E-state index is 0.145. The summed E-state index contributed by atoms with van der Waals surface area (Å²) >= 11 is 6.13. The number of carbonyl (C=O) groups is 1. The van der Waals surface area contributed by atoms with Crippen LogP contribution in [-0.2, 0) is 11.2 Å². The van der Waals surface area contributed by atoms with E-state index < -0.39 is 0 Å². The molecular formula is C24H22ClN5O2. The second kappa shape index (κ2) is 9.20. The normalized spacial score (nSPS) is 10.8. The number of amides is 1. The first-order valence-corrected chi connectivity index (χ1v) is 10.4. The zero-order chi connectivity index (χ0) is 22.7. The fourth-order valence-electron chi connectivity index (χ4n) is 3.18. The van der Waals surface area contributed by atoms with E-state index in [1.807, 2.05) is 43.5 Å². The summed E-state index contributed by atoms with van der Waals surface area (Å²) in [5.41, 5.74) is 3.39. The molecule has 4 aromatic rings. The third-order valence-corrected chi connectivity index (χ3v) is 5.34. The Labute approximate surface area is 191 Å². The largest absolute Gasteiger partial charge is 0.439 e. The average molecular weight is 448 g/mol. The molecule has 7 nitrogen and oxygen atoms in total. The molecule has 2 heterocycles. The molecule has 0 aliphatic heterocycles. The van der Waals surface area contributed by atoms with Crippen molar-refractivity contribution in [2.75, 3.05) is 5.32 Å². The maximum atomic E-state index is 12.3. The smallest absolute Gasteiger partial charge is 0.228 e. The van der Waals surface area contributed by atoms with Crippen LogP contribution in [0.15, 0.2) is 60.9 Å². The number of hydrogen-bond acceptors (Lipinski definition) is 5. The highest BCUT2D eigenvalue weighted by Crippen LogP contribution is 2.24. The first kappa shape index (κ1) is 21.5. The number of hydrogen-bond donors (Lipinski definition) is 1. The Morgan fingerprint density at radius 1 is 1.06 bits per heavy atom. The fraction of sp³-hybridized carbons (Fsp3) is 0.167. The molecule has 0 bridgehead atoms. The molecule has 1 N–H and O–H groups in total. The van der Waals surface area contributed by atoms with Crippen molar-refractivity contribution in [3.8, 4) is 17.4 Å². The topological polar surface area (TPSA) is 81.9 Å². The van der Waals surface area contributed by atoms with Crippen molar-refractivity contribution in [1.82, 2.24) is 19.5 Å². The van der Waals surface area contributed by atoms with E-state index >= 15 is 0 Å². The van der Waals surface area contributed by atoms with Gasteiger partial charge in [0.2, 0.25) is 11.8 Å². The van der Waals surface area contributed by atoms with E-state index in [9.17, 15) is 4.79 Å². The van der Waals surface area contributed by atoms with Gasteiger partial charge in [-0.1, -0.05) is 29.8 Å². The Morgan fingerprint density at radius 3 is 2.50 bits per heavy atom. The van der Waals surface area contributed by atoms with Gasteiger partial charge >= 0.3 is 0 Å². The van der Waals surface area contributed by atoms with E-state index in [0.717, 1.165) is 17.0 Å². The third-order valence-electron chi connectivity index (χ3n) is 4.97. The van der Waals surface area contributed by atoms with Crippen molar-refractivity contribution in [3.05, 3.63) is 88.7 Å². The highest BCUT2D eigenvalue weighted by molar-refractivity contribution is 6.31. The molecule has 0 saturated carbocycles. The van der Waals surface area contributed by atoms with E-state index in [1.165, 1.54) is 0 Å². The van der Waals surface area contributed by atoms with Gasteiger partial charge in [-0.3, -0.25) is 9.36 Å². The van der Waals surface area contributed by atoms with Crippen molar-refractivity contribution < 1.29 is 9.53 Å². The van der Waals surface area contributed by atoms with Gasteiger partial charge in [0.15, 0.2) is 0 Å². The Bertz CT molecular complexity index is 1270. The van der Waals surface area contributed by atoms with Crippen molar-refractivity contribution in [2.24, 2.45) is 0 Å². The summed E-state index contributed by atoms with van der Waals surface area (Å²) in [7, 11) is 0. The van der Waals surface area contributed by atoms with Gasteiger partial charge in [-0.05, 0) is 56.7 Å². The number of anilines is 1. The van der Waals surface area contributed by atoms with Crippen LogP contribution in [0.25, 0.3) is 5.82 Å². The molecule has 1 amide bonds. The summed E-state index contributed by atoms with van der Waals surface area (Å²) in [6.07, 6.45) is 1.93. The zero-order valence-corrected chi connectivity index (χ0v) is 18.7. The molecule has 32 heavy (non-hydrogen) atoms. The number of imidazole rings is 1. The molecule has 8 heteroatoms. The Hall–Kier alpha value is -3.71. The van der Waals surface area contributed by atoms with Crippen LogP contribution in [0.4, 0.5) is 5.69 Å². The number of nitrogens with zero attached hydrogens (tertiary/aromatic N) is 4. The third kappa shape index (κ3) is 4.95. The lowest BCUT2D eigenvalue weighted by molar-refractivity contribution is -0.115. The SMILES string of the molecule is Cc1nc(Oc2ccc(NC(=O)Cc3ccccc3Cl)cc2)cc(-n2cnc(C)c2C)n1. The van der Waals surface area contributed by atoms with E-state index in [4.69, 9.17) is 16.3 Å². The molecule has 0 radical (unpaired) electrons. The number of aromatic nitrogens is 4. The maximum absolute atomic E-state index is 12.3. The van der Waals surface area contributed by atoms with Gasteiger partial charge in [-0.25, -0.2) is 9.97 Å². The predicted molar refractivity (Wildman–Crippen MR) is 124 cm³/mol. The Morgan fingerprint density at radius 2 is 1.81 bits per heavy atom. The highest BCUT2D eigenvalue weighted by atomic mass is 35.5. The number of nitrogens with one attached hydrogen (secondary N) is 1. The quantitative estimate of drug-likeness (QED) is 0.438. The molecule has 0 fully saturated rings. The summed E-state index contributed by atoms with van der Waals surface area (Å²) in [5, 5.41) is 3.44. The van der Waals surface area contributed by atoms with Crippen LogP contribution in [0, 0.1) is 20.8 Å². The van der Waals surface area contributed by atoms with E-state index in [1.54, 1.807) is 42.7 Å². The lowest BCUT2D eigenvalue weighted by Crippen LogP contribution is -2.14. The molecular weight excluding hydrogens is 426 g/mol. The van der Waals surface area contributed by atoms with Gasteiger partial charge in [0.1, 0.15) is 23.7 Å². The van der Waals surface area contributed by atoms with Gasteiger partial charge in [0.05, 0.1) is 12.1 Å². The first-order valence-electron chi connectivity index (χ1n) is 10.1. The van der Waals surface area contributed by atoms with Crippen molar-refractivity contribution in [3.63, 3.8) is 0 Å². The van der Waals surface area contributed by atoms with Gasteiger partial charge in [0.25, 0.3) is 0 Å². The van der Waals surface area contributed by atoms with Crippen LogP contribution in [0.3, 0.4) is 0 Å². The number of halogens is 1. The molecule has 0 aliphatic carbocycles. The number of ether oxygens (including phenoxy) is 1. The Balaban J connectivity index is 1.44. The molecule has 2 aromatic heterocycles.